The van der Waals surface area contributed by atoms with Crippen molar-refractivity contribution in [2.24, 2.45) is 0 Å². The Hall–Kier alpha value is -1.44. The smallest absolute Gasteiger partial charge is 0.312 e. The molecule has 0 aromatic heterocycles. The minimum absolute atomic E-state index is 0.292. The van der Waals surface area contributed by atoms with Crippen molar-refractivity contribution in [3.05, 3.63) is 60.2 Å². The lowest BCUT2D eigenvalue weighted by Gasteiger charge is -2.12. The molecule has 14 heavy (non-hydrogen) atoms. The van der Waals surface area contributed by atoms with Gasteiger partial charge in [-0.25, -0.2) is 0 Å². The minimum atomic E-state index is 0.292. The van der Waals surface area contributed by atoms with Gasteiger partial charge in [0, 0.05) is 0 Å². The highest BCUT2D eigenvalue weighted by molar-refractivity contribution is 6.70. The van der Waals surface area contributed by atoms with E-state index in [1.54, 1.807) is 0 Å². The second-order valence-electron chi connectivity index (χ2n) is 3.36. The SMILES string of the molecule is C=C(C)/C=C\C(=C/C)B1C=CC=CN1. The fraction of sp³-hybridized carbons (Fsp3) is 0.167. The van der Waals surface area contributed by atoms with E-state index in [9.17, 15) is 0 Å². The summed E-state index contributed by atoms with van der Waals surface area (Å²) in [5.74, 6) is 2.14. The summed E-state index contributed by atoms with van der Waals surface area (Å²) in [6, 6.07) is 0. The molecule has 0 radical (unpaired) electrons. The topological polar surface area (TPSA) is 12.0 Å². The summed E-state index contributed by atoms with van der Waals surface area (Å²) in [5.41, 5.74) is 2.33. The van der Waals surface area contributed by atoms with Crippen LogP contribution in [0.5, 0.6) is 0 Å². The number of nitrogens with one attached hydrogen (secondary N) is 1. The van der Waals surface area contributed by atoms with Gasteiger partial charge in [0.05, 0.1) is 0 Å². The molecule has 0 unspecified atom stereocenters. The predicted molar refractivity (Wildman–Crippen MR) is 64.9 cm³/mol. The van der Waals surface area contributed by atoms with Gasteiger partial charge in [0.2, 0.25) is 0 Å². The molecule has 0 amide bonds. The van der Waals surface area contributed by atoms with Crippen LogP contribution in [0.1, 0.15) is 13.8 Å². The van der Waals surface area contributed by atoms with Crippen molar-refractivity contribution in [3.63, 3.8) is 0 Å². The Morgan fingerprint density at radius 3 is 2.64 bits per heavy atom. The zero-order valence-corrected chi connectivity index (χ0v) is 8.83. The highest BCUT2D eigenvalue weighted by atomic mass is 14.7. The normalized spacial score (nSPS) is 16.1. The molecule has 1 aliphatic rings. The first-order valence-corrected chi connectivity index (χ1v) is 4.83. The zero-order valence-electron chi connectivity index (χ0n) is 8.83. The van der Waals surface area contributed by atoms with Crippen LogP contribution in [0.3, 0.4) is 0 Å². The molecule has 1 aliphatic heterocycles. The van der Waals surface area contributed by atoms with Crippen molar-refractivity contribution in [3.8, 4) is 0 Å². The predicted octanol–water partition coefficient (Wildman–Crippen LogP) is 2.81. The standard InChI is InChI=1S/C12H16BN/c1-4-12(8-7-11(2)3)13-9-5-6-10-14-13/h4-10,14H,2H2,1,3H3/b8-7-,12-4+. The maximum atomic E-state index is 3.84. The van der Waals surface area contributed by atoms with Crippen molar-refractivity contribution in [1.82, 2.24) is 5.23 Å². The second kappa shape index (κ2) is 5.33. The van der Waals surface area contributed by atoms with Crippen molar-refractivity contribution in [2.45, 2.75) is 13.8 Å². The van der Waals surface area contributed by atoms with Crippen LogP contribution in [0, 0.1) is 0 Å². The summed E-state index contributed by atoms with van der Waals surface area (Å²) >= 11 is 0. The number of hydrogen-bond donors (Lipinski definition) is 1. The van der Waals surface area contributed by atoms with E-state index in [1.807, 2.05) is 32.2 Å². The van der Waals surface area contributed by atoms with Crippen molar-refractivity contribution >= 4 is 6.85 Å². The molecular weight excluding hydrogens is 169 g/mol. The van der Waals surface area contributed by atoms with E-state index in [0.29, 0.717) is 6.85 Å². The number of allylic oxidation sites excluding steroid dienone is 7. The summed E-state index contributed by atoms with van der Waals surface area (Å²) in [4.78, 5) is 0. The van der Waals surface area contributed by atoms with Crippen LogP contribution in [0.25, 0.3) is 0 Å². The van der Waals surface area contributed by atoms with E-state index < -0.39 is 0 Å². The molecular formula is C12H16BN. The third-order valence-corrected chi connectivity index (χ3v) is 2.04. The van der Waals surface area contributed by atoms with Crippen molar-refractivity contribution in [1.29, 1.82) is 0 Å². The van der Waals surface area contributed by atoms with Crippen LogP contribution < -0.4 is 5.23 Å². The minimum Gasteiger partial charge on any atom is -0.427 e. The molecule has 1 N–H and O–H groups in total. The molecule has 0 fully saturated rings. The Balaban J connectivity index is 2.68. The maximum Gasteiger partial charge on any atom is 0.312 e. The van der Waals surface area contributed by atoms with Gasteiger partial charge in [-0.05, 0) is 26.1 Å². The van der Waals surface area contributed by atoms with Gasteiger partial charge >= 0.3 is 6.85 Å². The van der Waals surface area contributed by atoms with E-state index >= 15 is 0 Å². The summed E-state index contributed by atoms with van der Waals surface area (Å²) in [6.07, 6.45) is 12.3. The molecule has 0 aliphatic carbocycles. The quantitative estimate of drug-likeness (QED) is 0.526. The molecule has 0 spiro atoms. The fourth-order valence-corrected chi connectivity index (χ4v) is 1.27. The lowest BCUT2D eigenvalue weighted by Crippen LogP contribution is -2.31. The van der Waals surface area contributed by atoms with Crippen LogP contribution in [0.2, 0.25) is 0 Å². The van der Waals surface area contributed by atoms with E-state index in [-0.39, 0.29) is 0 Å². The summed E-state index contributed by atoms with van der Waals surface area (Å²) < 4.78 is 0. The Kier molecular flexibility index (Phi) is 4.05. The fourth-order valence-electron chi connectivity index (χ4n) is 1.27. The molecule has 72 valence electrons. The van der Waals surface area contributed by atoms with Crippen LogP contribution >= 0.6 is 0 Å². The first-order chi connectivity index (χ1) is 6.74. The van der Waals surface area contributed by atoms with Crippen LogP contribution in [0.4, 0.5) is 0 Å². The molecule has 0 bridgehead atoms. The Morgan fingerprint density at radius 1 is 1.36 bits per heavy atom. The summed E-state index contributed by atoms with van der Waals surface area (Å²) in [6.45, 7) is 8.17. The van der Waals surface area contributed by atoms with Gasteiger partial charge in [-0.15, -0.1) is 0 Å². The third kappa shape index (κ3) is 3.13. The van der Waals surface area contributed by atoms with Crippen molar-refractivity contribution in [2.75, 3.05) is 0 Å². The van der Waals surface area contributed by atoms with E-state index in [0.717, 1.165) is 5.57 Å². The first kappa shape index (κ1) is 10.6. The van der Waals surface area contributed by atoms with Crippen LogP contribution in [-0.4, -0.2) is 6.85 Å². The molecule has 1 heterocycles. The van der Waals surface area contributed by atoms with Gasteiger partial charge in [-0.3, -0.25) is 0 Å². The van der Waals surface area contributed by atoms with Gasteiger partial charge in [0.1, 0.15) is 0 Å². The Morgan fingerprint density at radius 2 is 2.14 bits per heavy atom. The van der Waals surface area contributed by atoms with Gasteiger partial charge in [-0.1, -0.05) is 47.9 Å². The Bertz CT molecular complexity index is 321. The number of rotatable bonds is 3. The second-order valence-corrected chi connectivity index (χ2v) is 3.36. The molecule has 1 nitrogen and oxygen atoms in total. The highest BCUT2D eigenvalue weighted by Crippen LogP contribution is 2.06. The van der Waals surface area contributed by atoms with E-state index in [2.05, 4.69) is 36.0 Å². The van der Waals surface area contributed by atoms with Gasteiger partial charge in [0.15, 0.2) is 0 Å². The molecule has 0 saturated carbocycles. The monoisotopic (exact) mass is 185 g/mol. The summed E-state index contributed by atoms with van der Waals surface area (Å²) in [5, 5.41) is 3.28. The summed E-state index contributed by atoms with van der Waals surface area (Å²) in [7, 11) is 0. The molecule has 2 heteroatoms. The van der Waals surface area contributed by atoms with Gasteiger partial charge in [-0.2, -0.15) is 0 Å². The molecule has 0 saturated heterocycles. The van der Waals surface area contributed by atoms with Gasteiger partial charge < -0.3 is 5.23 Å². The maximum absolute atomic E-state index is 3.84. The molecule has 0 aromatic carbocycles. The van der Waals surface area contributed by atoms with Crippen LogP contribution in [0.15, 0.2) is 60.2 Å². The largest absolute Gasteiger partial charge is 0.427 e. The van der Waals surface area contributed by atoms with E-state index in [4.69, 9.17) is 0 Å². The van der Waals surface area contributed by atoms with E-state index in [1.165, 1.54) is 5.47 Å². The van der Waals surface area contributed by atoms with Crippen LogP contribution in [-0.2, 0) is 0 Å². The molecule has 0 atom stereocenters. The average Bonchev–Trinajstić information content (AvgIpc) is 2.20. The number of hydrogen-bond acceptors (Lipinski definition) is 1. The average molecular weight is 185 g/mol. The lowest BCUT2D eigenvalue weighted by atomic mass is 9.54. The highest BCUT2D eigenvalue weighted by Gasteiger charge is 2.12. The van der Waals surface area contributed by atoms with Gasteiger partial charge in [0.25, 0.3) is 0 Å². The molecule has 0 aromatic rings. The first-order valence-electron chi connectivity index (χ1n) is 4.83. The zero-order chi connectivity index (χ0) is 10.4. The molecule has 1 rings (SSSR count). The third-order valence-electron chi connectivity index (χ3n) is 2.04. The lowest BCUT2D eigenvalue weighted by molar-refractivity contribution is 1.31. The Labute approximate surface area is 86.7 Å². The van der Waals surface area contributed by atoms with Crippen molar-refractivity contribution < 1.29 is 0 Å².